The van der Waals surface area contributed by atoms with Gasteiger partial charge in [0.05, 0.1) is 24.6 Å². The van der Waals surface area contributed by atoms with Gasteiger partial charge in [0, 0.05) is 14.7 Å². The van der Waals surface area contributed by atoms with Crippen LogP contribution in [0.3, 0.4) is 0 Å². The number of thiol groups is 2. The standard InChI is InChI=1S/C14H10O4S4.C7H6O2S.C7H4S.5CH4.Cl2S2.2H2O/c15-13(16)9-5-1-3-7-11(9)22(21-20-19)12-8-4-2-6-10(12)14(17)18;8-7(9)5-3-1-2-4-6(5)10;1-2-3-4-5-6-7-8;;;;;;1-4(2)3;;/h1-8H,(H,15,16)(H,17,18);1-4,10H,(H,8,9);8H,1H3;5*1H4;;2*1H2. The zero-order valence-electron chi connectivity index (χ0n) is 23.1. The fourth-order valence-corrected chi connectivity index (χ4v) is 9.30. The molecule has 0 aliphatic heterocycles. The zero-order valence-corrected chi connectivity index (χ0v) is 31.3. The summed E-state index contributed by atoms with van der Waals surface area (Å²) in [6.45, 7) is 1.73. The second kappa shape index (κ2) is 40.3. The average molecular weight is 896 g/mol. The highest BCUT2D eigenvalue weighted by atomic mass is 36.0. The van der Waals surface area contributed by atoms with Crippen molar-refractivity contribution in [2.24, 2.45) is 0 Å². The Hall–Kier alpha value is -2.47. The summed E-state index contributed by atoms with van der Waals surface area (Å²) in [4.78, 5) is 34.8. The Balaban J connectivity index is -0.0000000906. The summed E-state index contributed by atoms with van der Waals surface area (Å²) in [7, 11) is 10.5. The Bertz CT molecular complexity index is 1720. The lowest BCUT2D eigenvalue weighted by molar-refractivity contribution is 0.0682. The number of hydrogen-bond acceptors (Lipinski definition) is 7. The van der Waals surface area contributed by atoms with Crippen molar-refractivity contribution in [3.63, 3.8) is 0 Å². The Kier molecular flexibility index (Phi) is 52.7. The molecule has 0 radical (unpaired) electrons. The maximum absolute atomic E-state index is 11.4. The molecule has 0 bridgehead atoms. The third kappa shape index (κ3) is 28.8. The molecule has 0 aliphatic rings. The Morgan fingerprint density at radius 3 is 1.31 bits per heavy atom. The van der Waals surface area contributed by atoms with Crippen molar-refractivity contribution in [2.75, 3.05) is 0 Å². The first-order valence-corrected chi connectivity index (χ1v) is 20.6. The van der Waals surface area contributed by atoms with Gasteiger partial charge in [-0.05, 0) is 134 Å². The first kappa shape index (κ1) is 66.7. The first-order valence-electron chi connectivity index (χ1n) is 11.1. The van der Waals surface area contributed by atoms with Gasteiger partial charge in [-0.3, -0.25) is 0 Å². The second-order valence-corrected chi connectivity index (χ2v) is 18.3. The summed E-state index contributed by atoms with van der Waals surface area (Å²) in [5, 5.41) is 29.6. The Labute approximate surface area is 342 Å². The fraction of sp³-hybridized carbons (Fsp3) is 0.182. The average Bonchev–Trinajstić information content (AvgIpc) is 2.98. The summed E-state index contributed by atoms with van der Waals surface area (Å²) in [6.07, 6.45) is 0. The molecule has 0 unspecified atom stereocenters. The van der Waals surface area contributed by atoms with Crippen LogP contribution < -0.4 is 0 Å². The predicted molar refractivity (Wildman–Crippen MR) is 239 cm³/mol. The van der Waals surface area contributed by atoms with Gasteiger partial charge in [0.25, 0.3) is 0 Å². The molecule has 286 valence electrons. The van der Waals surface area contributed by atoms with Crippen LogP contribution in [-0.2, 0) is 57.5 Å². The molecule has 0 fully saturated rings. The summed E-state index contributed by atoms with van der Waals surface area (Å²) >= 11 is 16.7. The summed E-state index contributed by atoms with van der Waals surface area (Å²) in [5.41, 5.74) is 0.552. The van der Waals surface area contributed by atoms with E-state index in [-0.39, 0.29) is 64.8 Å². The summed E-state index contributed by atoms with van der Waals surface area (Å²) in [6, 6.07) is 19.7. The highest BCUT2D eigenvalue weighted by Crippen LogP contribution is 2.24. The van der Waals surface area contributed by atoms with Crippen molar-refractivity contribution >= 4 is 122 Å². The van der Waals surface area contributed by atoms with Crippen molar-refractivity contribution in [1.82, 2.24) is 0 Å². The number of hydrogen-bond donors (Lipinski definition) is 5. The molecule has 51 heavy (non-hydrogen) atoms. The molecule has 3 rings (SSSR count). The third-order valence-electron chi connectivity index (χ3n) is 4.23. The Morgan fingerprint density at radius 1 is 0.686 bits per heavy atom. The maximum atomic E-state index is 11.4. The van der Waals surface area contributed by atoms with Crippen LogP contribution in [0.2, 0.25) is 0 Å². The van der Waals surface area contributed by atoms with E-state index in [1.54, 1.807) is 61.5 Å². The van der Waals surface area contributed by atoms with E-state index in [0.29, 0.717) is 14.7 Å². The van der Waals surface area contributed by atoms with E-state index in [0.717, 1.165) is 8.88 Å². The lowest BCUT2D eigenvalue weighted by Crippen LogP contribution is -2.08. The van der Waals surface area contributed by atoms with Crippen LogP contribution in [0, 0.1) is 34.9 Å². The van der Waals surface area contributed by atoms with Crippen LogP contribution in [-0.4, -0.2) is 44.2 Å². The molecule has 0 atom stereocenters. The van der Waals surface area contributed by atoms with Gasteiger partial charge >= 0.3 is 17.9 Å². The predicted octanol–water partition coefficient (Wildman–Crippen LogP) is 8.06. The summed E-state index contributed by atoms with van der Waals surface area (Å²) in [5.74, 6) is 9.53. The van der Waals surface area contributed by atoms with Gasteiger partial charge in [-0.1, -0.05) is 102 Å². The van der Waals surface area contributed by atoms with E-state index in [9.17, 15) is 24.6 Å². The maximum Gasteiger partial charge on any atom is 0.336 e. The number of rotatable bonds is 5. The molecule has 7 N–H and O–H groups in total. The SMILES string of the molecule is C.C.C.C.C.CC#CC#CC#CS.O.O.O=C(O)c1ccccc1S.O=C(O)c1ccccc1S(=S=S=S)c1ccccc1C(=O)O.S=S(Cl)Cl. The Morgan fingerprint density at radius 2 is 1.02 bits per heavy atom. The van der Waals surface area contributed by atoms with E-state index in [1.165, 1.54) is 27.1 Å². The van der Waals surface area contributed by atoms with Crippen LogP contribution in [0.1, 0.15) is 75.1 Å². The molecule has 3 aromatic carbocycles. The molecule has 0 saturated carbocycles. The number of benzene rings is 3. The van der Waals surface area contributed by atoms with E-state index >= 15 is 0 Å². The number of carboxylic acid groups (broad SMARTS) is 3. The molecule has 0 amide bonds. The molecule has 0 aromatic heterocycles. The summed E-state index contributed by atoms with van der Waals surface area (Å²) < 4.78 is 0. The van der Waals surface area contributed by atoms with Gasteiger partial charge in [-0.2, -0.15) is 0 Å². The van der Waals surface area contributed by atoms with Gasteiger partial charge < -0.3 is 26.3 Å². The number of aromatic carboxylic acids is 3. The van der Waals surface area contributed by atoms with Crippen molar-refractivity contribution in [1.29, 1.82) is 0 Å². The van der Waals surface area contributed by atoms with Crippen LogP contribution in [0.25, 0.3) is 0 Å². The van der Waals surface area contributed by atoms with Crippen molar-refractivity contribution < 1.29 is 40.7 Å². The minimum Gasteiger partial charge on any atom is -0.478 e. The smallest absolute Gasteiger partial charge is 0.336 e. The van der Waals surface area contributed by atoms with Crippen molar-refractivity contribution in [3.05, 3.63) is 89.5 Å². The topological polar surface area (TPSA) is 175 Å². The van der Waals surface area contributed by atoms with Crippen LogP contribution >= 0.6 is 46.6 Å². The normalized spacial score (nSPS) is 7.51. The van der Waals surface area contributed by atoms with Crippen LogP contribution in [0.4, 0.5) is 0 Å². The molecule has 8 nitrogen and oxygen atoms in total. The molecular weight excluding hydrogens is 852 g/mol. The lowest BCUT2D eigenvalue weighted by Gasteiger charge is -2.12. The highest BCUT2D eigenvalue weighted by Gasteiger charge is 2.18. The zero-order chi connectivity index (χ0) is 33.5. The fourth-order valence-electron chi connectivity index (χ4n) is 2.64. The molecule has 3 aromatic rings. The highest BCUT2D eigenvalue weighted by molar-refractivity contribution is 8.58. The molecular formula is C33H44Cl2O8S8. The minimum atomic E-state index is -1.05. The van der Waals surface area contributed by atoms with Gasteiger partial charge in [0.2, 0.25) is 0 Å². The molecule has 0 aliphatic carbocycles. The molecule has 0 spiro atoms. The quantitative estimate of drug-likeness (QED) is 0.0972. The van der Waals surface area contributed by atoms with E-state index in [1.807, 2.05) is 0 Å². The largest absolute Gasteiger partial charge is 0.478 e. The van der Waals surface area contributed by atoms with Gasteiger partial charge in [-0.25, -0.2) is 14.4 Å². The molecule has 18 heteroatoms. The van der Waals surface area contributed by atoms with Gasteiger partial charge in [0.15, 0.2) is 0 Å². The van der Waals surface area contributed by atoms with Crippen molar-refractivity contribution in [3.8, 4) is 34.9 Å². The first-order chi connectivity index (χ1) is 20.9. The van der Waals surface area contributed by atoms with Gasteiger partial charge in [0.1, 0.15) is 0 Å². The minimum absolute atomic E-state index is 0. The van der Waals surface area contributed by atoms with E-state index in [4.69, 9.17) is 37.7 Å². The molecule has 0 saturated heterocycles. The number of halogens is 2. The number of carbonyl (C=O) groups is 3. The van der Waals surface area contributed by atoms with E-state index < -0.39 is 35.2 Å². The van der Waals surface area contributed by atoms with Crippen molar-refractivity contribution in [2.45, 2.75) is 58.7 Å². The second-order valence-electron chi connectivity index (χ2n) is 6.88. The van der Waals surface area contributed by atoms with Crippen LogP contribution in [0.5, 0.6) is 0 Å². The van der Waals surface area contributed by atoms with E-state index in [2.05, 4.69) is 71.3 Å². The monoisotopic (exact) mass is 894 g/mol. The lowest BCUT2D eigenvalue weighted by atomic mass is 10.2. The van der Waals surface area contributed by atoms with Crippen LogP contribution in [0.15, 0.2) is 87.5 Å². The molecule has 0 heterocycles. The third-order valence-corrected chi connectivity index (χ3v) is 11.3. The van der Waals surface area contributed by atoms with Gasteiger partial charge in [-0.15, -0.1) is 12.6 Å². The number of carboxylic acids is 3.